The van der Waals surface area contributed by atoms with Gasteiger partial charge < -0.3 is 5.73 Å². The van der Waals surface area contributed by atoms with Crippen LogP contribution in [-0.4, -0.2) is 17.3 Å². The molecule has 0 atom stereocenters. The van der Waals surface area contributed by atoms with Crippen molar-refractivity contribution >= 4 is 17.1 Å². The number of hydrogen-bond acceptors (Lipinski definition) is 4. The molecule has 0 amide bonds. The molecular formula is C9H12N2OS. The van der Waals surface area contributed by atoms with E-state index in [0.717, 1.165) is 17.7 Å². The number of nitrogens with zero attached hydrogens (tertiary/aromatic N) is 1. The van der Waals surface area contributed by atoms with Crippen molar-refractivity contribution in [1.29, 1.82) is 0 Å². The molecule has 2 N–H and O–H groups in total. The molecule has 4 heteroatoms. The first-order chi connectivity index (χ1) is 6.27. The molecule has 1 saturated carbocycles. The molecule has 0 radical (unpaired) electrons. The van der Waals surface area contributed by atoms with E-state index in [2.05, 4.69) is 4.98 Å². The largest absolute Gasteiger partial charge is 0.329 e. The van der Waals surface area contributed by atoms with Crippen LogP contribution >= 0.6 is 11.3 Å². The van der Waals surface area contributed by atoms with Crippen molar-refractivity contribution in [3.8, 4) is 0 Å². The molecule has 0 saturated heterocycles. The lowest BCUT2D eigenvalue weighted by Gasteiger charge is -2.08. The predicted octanol–water partition coefficient (Wildman–Crippen LogP) is 0.994. The highest BCUT2D eigenvalue weighted by Gasteiger charge is 2.47. The number of Topliss-reactive ketones (excluding diaryl/α,β-unsaturated/α-hetero) is 1. The fourth-order valence-corrected chi connectivity index (χ4v) is 2.02. The minimum atomic E-state index is -0.163. The third-order valence-electron chi connectivity index (χ3n) is 2.65. The summed E-state index contributed by atoms with van der Waals surface area (Å²) in [4.78, 5) is 16.7. The summed E-state index contributed by atoms with van der Waals surface area (Å²) < 4.78 is 0. The van der Waals surface area contributed by atoms with Crippen LogP contribution in [0.1, 0.15) is 17.7 Å². The van der Waals surface area contributed by atoms with Gasteiger partial charge in [-0.3, -0.25) is 9.78 Å². The van der Waals surface area contributed by atoms with Gasteiger partial charge in [-0.1, -0.05) is 0 Å². The normalized spacial score (nSPS) is 18.5. The Morgan fingerprint density at radius 1 is 1.69 bits per heavy atom. The van der Waals surface area contributed by atoms with Crippen molar-refractivity contribution < 1.29 is 4.79 Å². The molecule has 1 aromatic rings. The van der Waals surface area contributed by atoms with Gasteiger partial charge in [0.1, 0.15) is 5.78 Å². The van der Waals surface area contributed by atoms with Gasteiger partial charge in [0.05, 0.1) is 5.51 Å². The highest BCUT2D eigenvalue weighted by atomic mass is 32.1. The van der Waals surface area contributed by atoms with Crippen LogP contribution in [0, 0.1) is 5.41 Å². The van der Waals surface area contributed by atoms with Crippen molar-refractivity contribution in [1.82, 2.24) is 4.98 Å². The van der Waals surface area contributed by atoms with E-state index in [1.165, 1.54) is 11.3 Å². The standard InChI is InChI=1S/C9H12N2OS/c10-5-9(1-2-9)8(12)3-7-4-11-6-13-7/h4,6H,1-3,5,10H2. The Balaban J connectivity index is 2.00. The summed E-state index contributed by atoms with van der Waals surface area (Å²) in [6.07, 6.45) is 4.22. The quantitative estimate of drug-likeness (QED) is 0.781. The summed E-state index contributed by atoms with van der Waals surface area (Å²) in [5, 5.41) is 0. The highest BCUT2D eigenvalue weighted by molar-refractivity contribution is 7.09. The van der Waals surface area contributed by atoms with Crippen molar-refractivity contribution in [2.24, 2.45) is 11.1 Å². The lowest BCUT2D eigenvalue weighted by atomic mass is 9.98. The Bertz CT molecular complexity index is 303. The van der Waals surface area contributed by atoms with Gasteiger partial charge in [-0.25, -0.2) is 0 Å². The smallest absolute Gasteiger partial charge is 0.145 e. The lowest BCUT2D eigenvalue weighted by Crippen LogP contribution is -2.26. The van der Waals surface area contributed by atoms with Gasteiger partial charge in [0.2, 0.25) is 0 Å². The Kier molecular flexibility index (Phi) is 2.17. The lowest BCUT2D eigenvalue weighted by molar-refractivity contribution is -0.123. The van der Waals surface area contributed by atoms with Crippen LogP contribution in [0.15, 0.2) is 11.7 Å². The van der Waals surface area contributed by atoms with E-state index in [0.29, 0.717) is 18.7 Å². The van der Waals surface area contributed by atoms with E-state index >= 15 is 0 Å². The Labute approximate surface area is 81.0 Å². The minimum absolute atomic E-state index is 0.163. The van der Waals surface area contributed by atoms with Crippen molar-refractivity contribution in [3.05, 3.63) is 16.6 Å². The first kappa shape index (κ1) is 8.84. The van der Waals surface area contributed by atoms with Gasteiger partial charge in [0.25, 0.3) is 0 Å². The minimum Gasteiger partial charge on any atom is -0.329 e. The number of nitrogens with two attached hydrogens (primary N) is 1. The van der Waals surface area contributed by atoms with Crippen molar-refractivity contribution in [3.63, 3.8) is 0 Å². The summed E-state index contributed by atoms with van der Waals surface area (Å²) in [5.41, 5.74) is 7.16. The number of carbonyl (C=O) groups excluding carboxylic acids is 1. The second-order valence-electron chi connectivity index (χ2n) is 3.55. The van der Waals surface area contributed by atoms with E-state index in [1.54, 1.807) is 11.7 Å². The first-order valence-electron chi connectivity index (χ1n) is 4.38. The van der Waals surface area contributed by atoms with E-state index in [4.69, 9.17) is 5.73 Å². The fraction of sp³-hybridized carbons (Fsp3) is 0.556. The third kappa shape index (κ3) is 1.64. The highest BCUT2D eigenvalue weighted by Crippen LogP contribution is 2.46. The zero-order chi connectivity index (χ0) is 9.31. The summed E-state index contributed by atoms with van der Waals surface area (Å²) in [5.74, 6) is 0.291. The maximum Gasteiger partial charge on any atom is 0.145 e. The van der Waals surface area contributed by atoms with E-state index in [9.17, 15) is 4.79 Å². The molecule has 2 rings (SSSR count). The van der Waals surface area contributed by atoms with E-state index < -0.39 is 0 Å². The van der Waals surface area contributed by atoms with Gasteiger partial charge in [0.15, 0.2) is 0 Å². The van der Waals surface area contributed by atoms with Gasteiger partial charge in [-0.2, -0.15) is 0 Å². The summed E-state index contributed by atoms with van der Waals surface area (Å²) in [7, 11) is 0. The van der Waals surface area contributed by atoms with Crippen LogP contribution in [0.25, 0.3) is 0 Å². The van der Waals surface area contributed by atoms with Gasteiger partial charge in [-0.15, -0.1) is 11.3 Å². The van der Waals surface area contributed by atoms with Crippen LogP contribution in [0.5, 0.6) is 0 Å². The summed E-state index contributed by atoms with van der Waals surface area (Å²) in [6, 6.07) is 0. The molecule has 0 aromatic carbocycles. The second-order valence-corrected chi connectivity index (χ2v) is 4.52. The zero-order valence-corrected chi connectivity index (χ0v) is 8.14. The number of carbonyl (C=O) groups is 1. The molecule has 0 bridgehead atoms. The summed E-state index contributed by atoms with van der Waals surface area (Å²) in [6.45, 7) is 0.505. The predicted molar refractivity (Wildman–Crippen MR) is 51.5 cm³/mol. The van der Waals surface area contributed by atoms with Gasteiger partial charge in [0, 0.05) is 29.5 Å². The Hall–Kier alpha value is -0.740. The molecule has 0 spiro atoms. The van der Waals surface area contributed by atoms with E-state index in [1.807, 2.05) is 0 Å². The molecular weight excluding hydrogens is 184 g/mol. The van der Waals surface area contributed by atoms with Crippen LogP contribution in [0.4, 0.5) is 0 Å². The first-order valence-corrected chi connectivity index (χ1v) is 5.25. The Morgan fingerprint density at radius 2 is 2.46 bits per heavy atom. The molecule has 1 aliphatic rings. The molecule has 0 aliphatic heterocycles. The van der Waals surface area contributed by atoms with Crippen LogP contribution in [0.2, 0.25) is 0 Å². The average Bonchev–Trinajstić information content (AvgIpc) is 2.79. The topological polar surface area (TPSA) is 56.0 Å². The maximum atomic E-state index is 11.7. The number of rotatable bonds is 4. The third-order valence-corrected chi connectivity index (χ3v) is 3.43. The molecule has 0 unspecified atom stereocenters. The van der Waals surface area contributed by atoms with Gasteiger partial charge in [-0.05, 0) is 12.8 Å². The maximum absolute atomic E-state index is 11.7. The average molecular weight is 196 g/mol. The van der Waals surface area contributed by atoms with Crippen molar-refractivity contribution in [2.75, 3.05) is 6.54 Å². The number of hydrogen-bond donors (Lipinski definition) is 1. The zero-order valence-electron chi connectivity index (χ0n) is 7.32. The molecule has 1 heterocycles. The van der Waals surface area contributed by atoms with Crippen LogP contribution in [-0.2, 0) is 11.2 Å². The summed E-state index contributed by atoms with van der Waals surface area (Å²) >= 11 is 1.53. The molecule has 1 aliphatic carbocycles. The molecule has 13 heavy (non-hydrogen) atoms. The monoisotopic (exact) mass is 196 g/mol. The number of thiazole rings is 1. The fourth-order valence-electron chi connectivity index (χ4n) is 1.42. The molecule has 70 valence electrons. The molecule has 1 fully saturated rings. The Morgan fingerprint density at radius 3 is 2.92 bits per heavy atom. The molecule has 1 aromatic heterocycles. The van der Waals surface area contributed by atoms with Crippen LogP contribution in [0.3, 0.4) is 0 Å². The number of ketones is 1. The second kappa shape index (κ2) is 3.20. The SMILES string of the molecule is NCC1(C(=O)Cc2cncs2)CC1. The molecule has 3 nitrogen and oxygen atoms in total. The van der Waals surface area contributed by atoms with Crippen LogP contribution < -0.4 is 5.73 Å². The van der Waals surface area contributed by atoms with Crippen molar-refractivity contribution in [2.45, 2.75) is 19.3 Å². The van der Waals surface area contributed by atoms with Gasteiger partial charge >= 0.3 is 0 Å². The number of aromatic nitrogens is 1. The van der Waals surface area contributed by atoms with E-state index in [-0.39, 0.29) is 5.41 Å².